The lowest BCUT2D eigenvalue weighted by molar-refractivity contribution is 0.146. The maximum atomic E-state index is 5.66. The van der Waals surface area contributed by atoms with Crippen LogP contribution in [0.4, 0.5) is 17.5 Å². The highest BCUT2D eigenvalue weighted by atomic mass is 16.5. The second-order valence-corrected chi connectivity index (χ2v) is 8.55. The van der Waals surface area contributed by atoms with Gasteiger partial charge in [0.15, 0.2) is 17.0 Å². The Morgan fingerprint density at radius 2 is 1.91 bits per heavy atom. The highest BCUT2D eigenvalue weighted by Gasteiger charge is 2.20. The maximum Gasteiger partial charge on any atom is 0.231 e. The van der Waals surface area contributed by atoms with Crippen molar-refractivity contribution in [2.45, 2.75) is 25.4 Å². The Bertz CT molecular complexity index is 1220. The molecule has 0 bridgehead atoms. The number of fused-ring (bicyclic) bond motifs is 1. The van der Waals surface area contributed by atoms with Gasteiger partial charge in [0.05, 0.1) is 12.9 Å². The molecule has 3 N–H and O–H groups in total. The summed E-state index contributed by atoms with van der Waals surface area (Å²) in [6, 6.07) is 18.3. The van der Waals surface area contributed by atoms with Crippen LogP contribution in [-0.2, 0) is 11.3 Å². The molecule has 1 fully saturated rings. The first-order valence-corrected chi connectivity index (χ1v) is 12.0. The van der Waals surface area contributed by atoms with Crippen molar-refractivity contribution in [3.05, 3.63) is 66.5 Å². The van der Waals surface area contributed by atoms with Gasteiger partial charge < -0.3 is 30.0 Å². The van der Waals surface area contributed by atoms with Gasteiger partial charge >= 0.3 is 0 Å². The Kier molecular flexibility index (Phi) is 7.35. The summed E-state index contributed by atoms with van der Waals surface area (Å²) in [5, 5.41) is 10.3. The maximum absolute atomic E-state index is 5.66. The van der Waals surface area contributed by atoms with Crippen molar-refractivity contribution in [2.24, 2.45) is 0 Å². The number of benzene rings is 2. The summed E-state index contributed by atoms with van der Waals surface area (Å²) < 4.78 is 12.9. The Balaban J connectivity index is 1.41. The molecule has 1 saturated heterocycles. The van der Waals surface area contributed by atoms with Crippen molar-refractivity contribution in [1.82, 2.24) is 24.8 Å². The highest BCUT2D eigenvalue weighted by molar-refractivity contribution is 5.85. The molecule has 4 aromatic rings. The average molecular weight is 474 g/mol. The molecule has 3 heterocycles. The number of anilines is 3. The number of rotatable bonds is 10. The summed E-state index contributed by atoms with van der Waals surface area (Å²) in [4.78, 5) is 14.3. The van der Waals surface area contributed by atoms with Crippen molar-refractivity contribution in [2.75, 3.05) is 44.0 Å². The lowest BCUT2D eigenvalue weighted by Gasteiger charge is -2.24. The van der Waals surface area contributed by atoms with Crippen LogP contribution < -0.4 is 20.7 Å². The molecule has 1 aliphatic rings. The van der Waals surface area contributed by atoms with Crippen LogP contribution in [0.5, 0.6) is 5.75 Å². The first kappa shape index (κ1) is 23.1. The van der Waals surface area contributed by atoms with E-state index in [1.165, 1.54) is 5.56 Å². The van der Waals surface area contributed by atoms with Crippen LogP contribution in [0.15, 0.2) is 60.9 Å². The van der Waals surface area contributed by atoms with Crippen molar-refractivity contribution in [3.8, 4) is 5.75 Å². The van der Waals surface area contributed by atoms with E-state index in [1.807, 2.05) is 48.8 Å². The van der Waals surface area contributed by atoms with E-state index in [0.717, 1.165) is 48.5 Å². The summed E-state index contributed by atoms with van der Waals surface area (Å²) in [5.74, 6) is 2.02. The van der Waals surface area contributed by atoms with Crippen LogP contribution in [0, 0.1) is 0 Å². The number of hydrogen-bond donors (Lipinski definition) is 3. The molecule has 1 aliphatic heterocycles. The number of ether oxygens (including phenoxy) is 2. The monoisotopic (exact) mass is 473 g/mol. The zero-order chi connectivity index (χ0) is 23.9. The van der Waals surface area contributed by atoms with Gasteiger partial charge in [-0.05, 0) is 49.2 Å². The third kappa shape index (κ3) is 5.70. The first-order chi connectivity index (χ1) is 17.3. The molecule has 0 unspecified atom stereocenters. The summed E-state index contributed by atoms with van der Waals surface area (Å²) in [6.45, 7) is 3.68. The Morgan fingerprint density at radius 3 is 2.69 bits per heavy atom. The molecule has 1 atom stereocenters. The van der Waals surface area contributed by atoms with Crippen LogP contribution in [-0.4, -0.2) is 52.9 Å². The second kappa shape index (κ2) is 11.2. The number of methoxy groups -OCH3 is 1. The quantitative estimate of drug-likeness (QED) is 0.296. The van der Waals surface area contributed by atoms with E-state index < -0.39 is 0 Å². The molecule has 0 saturated carbocycles. The summed E-state index contributed by atoms with van der Waals surface area (Å²) in [6.07, 6.45) is 4.13. The normalized spacial score (nSPS) is 15.7. The van der Waals surface area contributed by atoms with Gasteiger partial charge in [0, 0.05) is 31.9 Å². The Hall–Kier alpha value is -3.69. The predicted molar refractivity (Wildman–Crippen MR) is 137 cm³/mol. The van der Waals surface area contributed by atoms with Crippen LogP contribution >= 0.6 is 0 Å². The summed E-state index contributed by atoms with van der Waals surface area (Å²) in [5.41, 5.74) is 3.65. The molecule has 9 nitrogen and oxygen atoms in total. The lowest BCUT2D eigenvalue weighted by Crippen LogP contribution is -2.31. The van der Waals surface area contributed by atoms with Crippen LogP contribution in [0.3, 0.4) is 0 Å². The molecular weight excluding hydrogens is 442 g/mol. The molecule has 2 aromatic heterocycles. The number of nitrogens with zero attached hydrogens (tertiary/aromatic N) is 4. The van der Waals surface area contributed by atoms with Crippen LogP contribution in [0.1, 0.15) is 24.4 Å². The molecule has 0 amide bonds. The van der Waals surface area contributed by atoms with E-state index >= 15 is 0 Å². The van der Waals surface area contributed by atoms with E-state index in [-0.39, 0.29) is 0 Å². The van der Waals surface area contributed by atoms with Gasteiger partial charge in [-0.15, -0.1) is 0 Å². The zero-order valence-electron chi connectivity index (χ0n) is 19.9. The summed E-state index contributed by atoms with van der Waals surface area (Å²) in [7, 11) is 1.66. The minimum absolute atomic E-state index is 0.321. The molecule has 182 valence electrons. The SMILES string of the molecule is COCCOc1ccc(Nc2nc(NCc3ccccc3)c3ncn([C@H]4CCCNC4)c3n2)cc1. The van der Waals surface area contributed by atoms with E-state index in [4.69, 9.17) is 24.4 Å². The summed E-state index contributed by atoms with van der Waals surface area (Å²) >= 11 is 0. The molecule has 0 aliphatic carbocycles. The van der Waals surface area contributed by atoms with Gasteiger partial charge in [0.1, 0.15) is 12.4 Å². The van der Waals surface area contributed by atoms with Gasteiger partial charge in [-0.1, -0.05) is 30.3 Å². The van der Waals surface area contributed by atoms with Crippen molar-refractivity contribution >= 4 is 28.6 Å². The van der Waals surface area contributed by atoms with Crippen molar-refractivity contribution in [3.63, 3.8) is 0 Å². The number of hydrogen-bond acceptors (Lipinski definition) is 8. The van der Waals surface area contributed by atoms with Gasteiger partial charge in [-0.25, -0.2) is 4.98 Å². The molecule has 35 heavy (non-hydrogen) atoms. The van der Waals surface area contributed by atoms with Crippen LogP contribution in [0.25, 0.3) is 11.2 Å². The number of piperidine rings is 1. The molecule has 5 rings (SSSR count). The highest BCUT2D eigenvalue weighted by Crippen LogP contribution is 2.28. The fourth-order valence-electron chi connectivity index (χ4n) is 4.22. The van der Waals surface area contributed by atoms with E-state index in [2.05, 4.69) is 32.7 Å². The number of imidazole rings is 1. The molecular formula is C26H31N7O2. The Labute approximate surface area is 204 Å². The minimum Gasteiger partial charge on any atom is -0.491 e. The Morgan fingerprint density at radius 1 is 1.06 bits per heavy atom. The molecule has 9 heteroatoms. The zero-order valence-corrected chi connectivity index (χ0v) is 19.9. The molecule has 2 aromatic carbocycles. The van der Waals surface area contributed by atoms with Gasteiger partial charge in [0.2, 0.25) is 5.95 Å². The molecule has 0 radical (unpaired) electrons. The number of nitrogens with one attached hydrogen (secondary N) is 3. The van der Waals surface area contributed by atoms with Crippen molar-refractivity contribution in [1.29, 1.82) is 0 Å². The van der Waals surface area contributed by atoms with Crippen LogP contribution in [0.2, 0.25) is 0 Å². The van der Waals surface area contributed by atoms with Gasteiger partial charge in [-0.2, -0.15) is 9.97 Å². The fraction of sp³-hybridized carbons (Fsp3) is 0.346. The smallest absolute Gasteiger partial charge is 0.231 e. The van der Waals surface area contributed by atoms with Crippen molar-refractivity contribution < 1.29 is 9.47 Å². The third-order valence-electron chi connectivity index (χ3n) is 6.06. The average Bonchev–Trinajstić information content (AvgIpc) is 3.34. The second-order valence-electron chi connectivity index (χ2n) is 8.55. The largest absolute Gasteiger partial charge is 0.491 e. The van der Waals surface area contributed by atoms with E-state index in [1.54, 1.807) is 7.11 Å². The minimum atomic E-state index is 0.321. The lowest BCUT2D eigenvalue weighted by atomic mass is 10.1. The van der Waals surface area contributed by atoms with E-state index in [0.29, 0.717) is 37.6 Å². The number of aromatic nitrogens is 4. The third-order valence-corrected chi connectivity index (χ3v) is 6.06. The topological polar surface area (TPSA) is 98.2 Å². The first-order valence-electron chi connectivity index (χ1n) is 12.0. The van der Waals surface area contributed by atoms with Gasteiger partial charge in [0.25, 0.3) is 0 Å². The van der Waals surface area contributed by atoms with E-state index in [9.17, 15) is 0 Å². The predicted octanol–water partition coefficient (Wildman–Crippen LogP) is 4.13. The standard InChI is InChI=1S/C26H31N7O2/c1-34-14-15-35-22-11-9-20(10-12-22)30-26-31-24(28-16-19-6-3-2-4-7-19)23-25(32-26)33(18-29-23)21-8-5-13-27-17-21/h2-4,6-7,9-12,18,21,27H,5,8,13-17H2,1H3,(H2,28,30,31,32)/t21-/m0/s1. The van der Waals surface area contributed by atoms with Gasteiger partial charge in [-0.3, -0.25) is 0 Å². The fourth-order valence-corrected chi connectivity index (χ4v) is 4.22. The molecule has 0 spiro atoms.